The van der Waals surface area contributed by atoms with Crippen LogP contribution < -0.4 is 0 Å². The second-order valence-corrected chi connectivity index (χ2v) is 7.48. The second kappa shape index (κ2) is 6.68. The van der Waals surface area contributed by atoms with Gasteiger partial charge in [-0.3, -0.25) is 0 Å². The standard InChI is InChI=1S/C17H25Cl2N/c1-13(7-10-20(2)3)12-17(8-4-9-17)14-5-6-15(18)16(19)11-14/h5-6,11,13H,4,7-10,12H2,1-3H3. The van der Waals surface area contributed by atoms with Crippen LogP contribution in [0.2, 0.25) is 10.0 Å². The van der Waals surface area contributed by atoms with Crippen molar-refractivity contribution in [1.82, 2.24) is 4.90 Å². The Labute approximate surface area is 133 Å². The number of benzene rings is 1. The van der Waals surface area contributed by atoms with Gasteiger partial charge in [0.05, 0.1) is 10.0 Å². The molecule has 1 aromatic rings. The molecular weight excluding hydrogens is 289 g/mol. The van der Waals surface area contributed by atoms with Crippen molar-refractivity contribution in [2.45, 2.75) is 44.4 Å². The van der Waals surface area contributed by atoms with Crippen LogP contribution in [0.15, 0.2) is 18.2 Å². The van der Waals surface area contributed by atoms with Crippen molar-refractivity contribution in [3.8, 4) is 0 Å². The lowest BCUT2D eigenvalue weighted by molar-refractivity contribution is 0.185. The molecule has 20 heavy (non-hydrogen) atoms. The molecule has 1 saturated carbocycles. The number of hydrogen-bond donors (Lipinski definition) is 0. The minimum atomic E-state index is 0.347. The summed E-state index contributed by atoms with van der Waals surface area (Å²) in [5.74, 6) is 0.743. The fourth-order valence-electron chi connectivity index (χ4n) is 3.29. The first-order valence-electron chi connectivity index (χ1n) is 7.53. The molecule has 1 atom stereocenters. The number of hydrogen-bond acceptors (Lipinski definition) is 1. The predicted octanol–water partition coefficient (Wildman–Crippen LogP) is 5.39. The lowest BCUT2D eigenvalue weighted by Gasteiger charge is -2.44. The maximum Gasteiger partial charge on any atom is 0.0595 e. The predicted molar refractivity (Wildman–Crippen MR) is 88.9 cm³/mol. The number of nitrogens with zero attached hydrogens (tertiary/aromatic N) is 1. The largest absolute Gasteiger partial charge is 0.309 e. The van der Waals surface area contributed by atoms with E-state index in [4.69, 9.17) is 23.2 Å². The third kappa shape index (κ3) is 3.69. The molecule has 0 amide bonds. The van der Waals surface area contributed by atoms with Gasteiger partial charge in [0, 0.05) is 0 Å². The Balaban J connectivity index is 2.07. The van der Waals surface area contributed by atoms with Crippen molar-refractivity contribution < 1.29 is 0 Å². The molecule has 2 rings (SSSR count). The van der Waals surface area contributed by atoms with Gasteiger partial charge in [0.15, 0.2) is 0 Å². The summed E-state index contributed by atoms with van der Waals surface area (Å²) in [6, 6.07) is 6.21. The molecule has 1 fully saturated rings. The van der Waals surface area contributed by atoms with Gasteiger partial charge in [-0.25, -0.2) is 0 Å². The molecule has 112 valence electrons. The first kappa shape index (κ1) is 16.1. The van der Waals surface area contributed by atoms with Crippen LogP contribution in [-0.4, -0.2) is 25.5 Å². The SMILES string of the molecule is CC(CCN(C)C)CC1(c2ccc(Cl)c(Cl)c2)CCC1. The van der Waals surface area contributed by atoms with Crippen molar-refractivity contribution in [2.75, 3.05) is 20.6 Å². The van der Waals surface area contributed by atoms with Crippen molar-refractivity contribution in [2.24, 2.45) is 5.92 Å². The highest BCUT2D eigenvalue weighted by molar-refractivity contribution is 6.42. The molecule has 0 spiro atoms. The Morgan fingerprint density at radius 2 is 1.90 bits per heavy atom. The molecule has 3 heteroatoms. The van der Waals surface area contributed by atoms with Crippen molar-refractivity contribution in [1.29, 1.82) is 0 Å². The van der Waals surface area contributed by atoms with E-state index in [0.717, 1.165) is 5.92 Å². The van der Waals surface area contributed by atoms with Crippen LogP contribution in [0.5, 0.6) is 0 Å². The van der Waals surface area contributed by atoms with Gasteiger partial charge < -0.3 is 4.90 Å². The van der Waals surface area contributed by atoms with E-state index in [1.54, 1.807) is 0 Å². The van der Waals surface area contributed by atoms with Crippen LogP contribution in [0.25, 0.3) is 0 Å². The van der Waals surface area contributed by atoms with Crippen LogP contribution in [0, 0.1) is 5.92 Å². The van der Waals surface area contributed by atoms with Crippen LogP contribution in [0.3, 0.4) is 0 Å². The van der Waals surface area contributed by atoms with Gasteiger partial charge >= 0.3 is 0 Å². The lowest BCUT2D eigenvalue weighted by Crippen LogP contribution is -2.36. The Morgan fingerprint density at radius 3 is 2.40 bits per heavy atom. The molecule has 0 aromatic heterocycles. The van der Waals surface area contributed by atoms with E-state index >= 15 is 0 Å². The van der Waals surface area contributed by atoms with E-state index in [1.807, 2.05) is 6.07 Å². The normalized spacial score (nSPS) is 18.9. The van der Waals surface area contributed by atoms with E-state index < -0.39 is 0 Å². The zero-order valence-electron chi connectivity index (χ0n) is 12.8. The molecule has 0 N–H and O–H groups in total. The van der Waals surface area contributed by atoms with Crippen molar-refractivity contribution in [3.63, 3.8) is 0 Å². The highest BCUT2D eigenvalue weighted by Gasteiger charge is 2.39. The third-order valence-corrected chi connectivity index (χ3v) is 5.39. The van der Waals surface area contributed by atoms with Crippen molar-refractivity contribution >= 4 is 23.2 Å². The maximum absolute atomic E-state index is 6.20. The van der Waals surface area contributed by atoms with E-state index in [2.05, 4.69) is 38.1 Å². The van der Waals surface area contributed by atoms with E-state index in [1.165, 1.54) is 44.2 Å². The highest BCUT2D eigenvalue weighted by atomic mass is 35.5. The van der Waals surface area contributed by atoms with E-state index in [-0.39, 0.29) is 0 Å². The van der Waals surface area contributed by atoms with Gasteiger partial charge in [-0.05, 0) is 75.4 Å². The molecule has 0 aliphatic heterocycles. The molecule has 1 unspecified atom stereocenters. The van der Waals surface area contributed by atoms with E-state index in [0.29, 0.717) is 15.5 Å². The van der Waals surface area contributed by atoms with Crippen LogP contribution in [-0.2, 0) is 5.41 Å². The van der Waals surface area contributed by atoms with Gasteiger partial charge in [0.1, 0.15) is 0 Å². The average Bonchev–Trinajstić information content (AvgIpc) is 2.35. The van der Waals surface area contributed by atoms with Crippen LogP contribution in [0.1, 0.15) is 44.6 Å². The average molecular weight is 314 g/mol. The second-order valence-electron chi connectivity index (χ2n) is 6.66. The summed E-state index contributed by atoms with van der Waals surface area (Å²) in [5, 5.41) is 1.35. The van der Waals surface area contributed by atoms with Gasteiger partial charge in [-0.2, -0.15) is 0 Å². The van der Waals surface area contributed by atoms with Gasteiger partial charge in [0.2, 0.25) is 0 Å². The number of rotatable bonds is 6. The zero-order valence-corrected chi connectivity index (χ0v) is 14.3. The van der Waals surface area contributed by atoms with Crippen molar-refractivity contribution in [3.05, 3.63) is 33.8 Å². The molecule has 0 bridgehead atoms. The zero-order chi connectivity index (χ0) is 14.8. The highest BCUT2D eigenvalue weighted by Crippen LogP contribution is 2.49. The summed E-state index contributed by atoms with van der Waals surface area (Å²) < 4.78 is 0. The maximum atomic E-state index is 6.20. The Kier molecular flexibility index (Phi) is 5.39. The molecule has 1 aliphatic rings. The quantitative estimate of drug-likeness (QED) is 0.680. The van der Waals surface area contributed by atoms with Gasteiger partial charge in [-0.15, -0.1) is 0 Å². The molecule has 0 saturated heterocycles. The summed E-state index contributed by atoms with van der Waals surface area (Å²) in [7, 11) is 4.29. The topological polar surface area (TPSA) is 3.24 Å². The lowest BCUT2D eigenvalue weighted by atomic mass is 9.60. The molecule has 0 radical (unpaired) electrons. The summed E-state index contributed by atoms with van der Waals surface area (Å²) in [4.78, 5) is 2.27. The fourth-order valence-corrected chi connectivity index (χ4v) is 3.59. The molecular formula is C17H25Cl2N. The Bertz CT molecular complexity index is 452. The molecule has 0 heterocycles. The molecule has 1 aromatic carbocycles. The summed E-state index contributed by atoms with van der Waals surface area (Å²) in [6.45, 7) is 3.54. The summed E-state index contributed by atoms with van der Waals surface area (Å²) in [5.41, 5.74) is 1.73. The van der Waals surface area contributed by atoms with Gasteiger partial charge in [0.25, 0.3) is 0 Å². The van der Waals surface area contributed by atoms with Crippen LogP contribution >= 0.6 is 23.2 Å². The monoisotopic (exact) mass is 313 g/mol. The first-order chi connectivity index (χ1) is 9.43. The Hall–Kier alpha value is -0.240. The summed E-state index contributed by atoms with van der Waals surface area (Å²) >= 11 is 12.2. The minimum Gasteiger partial charge on any atom is -0.309 e. The van der Waals surface area contributed by atoms with Gasteiger partial charge in [-0.1, -0.05) is 42.6 Å². The van der Waals surface area contributed by atoms with E-state index in [9.17, 15) is 0 Å². The first-order valence-corrected chi connectivity index (χ1v) is 8.29. The van der Waals surface area contributed by atoms with Crippen LogP contribution in [0.4, 0.5) is 0 Å². The third-order valence-electron chi connectivity index (χ3n) is 4.65. The summed E-state index contributed by atoms with van der Waals surface area (Å²) in [6.07, 6.45) is 6.43. The fraction of sp³-hybridized carbons (Fsp3) is 0.647. The number of halogens is 2. The Morgan fingerprint density at radius 1 is 1.20 bits per heavy atom. The molecule has 1 nitrogen and oxygen atoms in total. The smallest absolute Gasteiger partial charge is 0.0595 e. The minimum absolute atomic E-state index is 0.347. The molecule has 1 aliphatic carbocycles.